The van der Waals surface area contributed by atoms with Crippen LogP contribution in [0.1, 0.15) is 17.0 Å². The Morgan fingerprint density at radius 1 is 0.875 bits per heavy atom. The molecule has 0 amide bonds. The molecule has 1 heterocycles. The van der Waals surface area contributed by atoms with Crippen LogP contribution >= 0.6 is 0 Å². The van der Waals surface area contributed by atoms with Gasteiger partial charge >= 0.3 is 0 Å². The van der Waals surface area contributed by atoms with Crippen LogP contribution in [0.5, 0.6) is 11.5 Å². The van der Waals surface area contributed by atoms with Crippen molar-refractivity contribution in [2.45, 2.75) is 25.7 Å². The van der Waals surface area contributed by atoms with Crippen molar-refractivity contribution in [3.63, 3.8) is 0 Å². The van der Waals surface area contributed by atoms with Crippen molar-refractivity contribution in [3.8, 4) is 11.5 Å². The summed E-state index contributed by atoms with van der Waals surface area (Å²) in [5.74, 6) is 1.15. The summed E-state index contributed by atoms with van der Waals surface area (Å²) in [5.41, 5.74) is 2.87. The summed E-state index contributed by atoms with van der Waals surface area (Å²) < 4.78 is 40.5. The number of hydrogen-bond acceptors (Lipinski definition) is 6. The highest BCUT2D eigenvalue weighted by Gasteiger charge is 2.17. The molecule has 2 aromatic carbocycles. The molecular formula is C22H25N5O4S. The van der Waals surface area contributed by atoms with E-state index in [0.717, 1.165) is 17.0 Å². The van der Waals surface area contributed by atoms with Crippen molar-refractivity contribution in [1.82, 2.24) is 9.97 Å². The van der Waals surface area contributed by atoms with Gasteiger partial charge in [-0.3, -0.25) is 5.32 Å². The third kappa shape index (κ3) is 5.73. The van der Waals surface area contributed by atoms with E-state index in [-0.39, 0.29) is 16.8 Å². The van der Waals surface area contributed by atoms with Crippen molar-refractivity contribution in [2.75, 3.05) is 24.9 Å². The number of guanidine groups is 1. The average Bonchev–Trinajstić information content (AvgIpc) is 2.73. The summed E-state index contributed by atoms with van der Waals surface area (Å²) in [6.45, 7) is 5.51. The molecule has 0 atom stereocenters. The number of anilines is 2. The van der Waals surface area contributed by atoms with Gasteiger partial charge in [-0.1, -0.05) is 17.7 Å². The first-order valence-electron chi connectivity index (χ1n) is 9.70. The van der Waals surface area contributed by atoms with E-state index in [9.17, 15) is 8.42 Å². The van der Waals surface area contributed by atoms with Crippen LogP contribution < -0.4 is 20.1 Å². The molecule has 10 heteroatoms. The molecule has 9 nitrogen and oxygen atoms in total. The van der Waals surface area contributed by atoms with E-state index >= 15 is 0 Å². The molecule has 0 bridgehead atoms. The van der Waals surface area contributed by atoms with Crippen LogP contribution in [-0.4, -0.2) is 38.6 Å². The molecule has 0 aliphatic heterocycles. The molecule has 0 spiro atoms. The number of nitrogens with one attached hydrogen (secondary N) is 2. The second-order valence-corrected chi connectivity index (χ2v) is 8.62. The number of ether oxygens (including phenoxy) is 2. The van der Waals surface area contributed by atoms with Gasteiger partial charge in [-0.15, -0.1) is 4.40 Å². The fraction of sp³-hybridized carbons (Fsp3) is 0.227. The monoisotopic (exact) mass is 455 g/mol. The molecule has 0 fully saturated rings. The van der Waals surface area contributed by atoms with Crippen LogP contribution in [0.15, 0.2) is 57.8 Å². The normalized spacial score (nSPS) is 11.7. The van der Waals surface area contributed by atoms with Gasteiger partial charge in [0.2, 0.25) is 11.9 Å². The van der Waals surface area contributed by atoms with Gasteiger partial charge in [0.15, 0.2) is 0 Å². The molecule has 0 aliphatic rings. The molecule has 0 unspecified atom stereocenters. The van der Waals surface area contributed by atoms with Crippen molar-refractivity contribution in [1.29, 1.82) is 0 Å². The lowest BCUT2D eigenvalue weighted by Crippen LogP contribution is -2.25. The highest BCUT2D eigenvalue weighted by molar-refractivity contribution is 7.90. The summed E-state index contributed by atoms with van der Waals surface area (Å²) >= 11 is 0. The molecule has 3 aromatic rings. The minimum atomic E-state index is -4.03. The maximum atomic E-state index is 13.0. The second kappa shape index (κ2) is 9.65. The number of aryl methyl sites for hydroxylation is 3. The van der Waals surface area contributed by atoms with Gasteiger partial charge in [0, 0.05) is 17.5 Å². The number of sulfonamides is 1. The lowest BCUT2D eigenvalue weighted by Gasteiger charge is -2.15. The zero-order valence-electron chi connectivity index (χ0n) is 18.5. The summed E-state index contributed by atoms with van der Waals surface area (Å²) in [4.78, 5) is 8.68. The Morgan fingerprint density at radius 2 is 1.53 bits per heavy atom. The minimum Gasteiger partial charge on any atom is -0.497 e. The van der Waals surface area contributed by atoms with Gasteiger partial charge in [0.05, 0.1) is 24.8 Å². The molecule has 0 aliphatic carbocycles. The van der Waals surface area contributed by atoms with Crippen molar-refractivity contribution in [2.24, 2.45) is 4.40 Å². The van der Waals surface area contributed by atoms with Gasteiger partial charge in [-0.25, -0.2) is 9.97 Å². The third-order valence-corrected chi connectivity index (χ3v) is 5.70. The first kappa shape index (κ1) is 23.0. The number of methoxy groups -OCH3 is 2. The van der Waals surface area contributed by atoms with E-state index in [0.29, 0.717) is 17.2 Å². The van der Waals surface area contributed by atoms with E-state index < -0.39 is 10.0 Å². The minimum absolute atomic E-state index is 0.0623. The molecule has 168 valence electrons. The lowest BCUT2D eigenvalue weighted by atomic mass is 10.2. The van der Waals surface area contributed by atoms with Crippen LogP contribution in [0, 0.1) is 20.8 Å². The van der Waals surface area contributed by atoms with E-state index in [1.807, 2.05) is 26.8 Å². The van der Waals surface area contributed by atoms with E-state index in [1.165, 1.54) is 19.2 Å². The first-order valence-corrected chi connectivity index (χ1v) is 11.1. The van der Waals surface area contributed by atoms with Crippen molar-refractivity contribution in [3.05, 3.63) is 65.5 Å². The predicted octanol–water partition coefficient (Wildman–Crippen LogP) is 3.69. The number of aromatic nitrogens is 2. The number of nitrogens with zero attached hydrogens (tertiary/aromatic N) is 3. The Hall–Kier alpha value is -3.66. The molecule has 0 radical (unpaired) electrons. The van der Waals surface area contributed by atoms with Crippen LogP contribution in [0.3, 0.4) is 0 Å². The fourth-order valence-corrected chi connectivity index (χ4v) is 3.79. The van der Waals surface area contributed by atoms with Gasteiger partial charge in [0.1, 0.15) is 11.5 Å². The Bertz CT molecular complexity index is 1220. The summed E-state index contributed by atoms with van der Waals surface area (Å²) in [6.07, 6.45) is 0. The standard InChI is InChI=1S/C22H25N5O4S/c1-14-6-9-18(10-7-14)32(28,29)27-22(26-21-23-15(2)12-16(3)24-21)25-19-11-8-17(30-4)13-20(19)31-5/h6-13H,1-5H3,(H2,23,24,25,26,27). The Morgan fingerprint density at radius 3 is 2.12 bits per heavy atom. The van der Waals surface area contributed by atoms with Crippen LogP contribution in [0.2, 0.25) is 0 Å². The van der Waals surface area contributed by atoms with Crippen molar-refractivity contribution >= 4 is 27.6 Å². The molecule has 2 N–H and O–H groups in total. The molecule has 32 heavy (non-hydrogen) atoms. The van der Waals surface area contributed by atoms with Gasteiger partial charge < -0.3 is 14.8 Å². The zero-order chi connectivity index (χ0) is 23.3. The van der Waals surface area contributed by atoms with Crippen molar-refractivity contribution < 1.29 is 17.9 Å². The summed E-state index contributed by atoms with van der Waals surface area (Å²) in [6, 6.07) is 13.3. The number of rotatable bonds is 6. The highest BCUT2D eigenvalue weighted by Crippen LogP contribution is 2.29. The largest absolute Gasteiger partial charge is 0.497 e. The maximum Gasteiger partial charge on any atom is 0.285 e. The van der Waals surface area contributed by atoms with Crippen LogP contribution in [0.25, 0.3) is 0 Å². The second-order valence-electron chi connectivity index (χ2n) is 7.02. The van der Waals surface area contributed by atoms with Crippen LogP contribution in [-0.2, 0) is 10.0 Å². The highest BCUT2D eigenvalue weighted by atomic mass is 32.2. The maximum absolute atomic E-state index is 13.0. The first-order chi connectivity index (χ1) is 15.2. The third-order valence-electron chi connectivity index (χ3n) is 4.40. The average molecular weight is 456 g/mol. The quantitative estimate of drug-likeness (QED) is 0.427. The Kier molecular flexibility index (Phi) is 6.94. The smallest absolute Gasteiger partial charge is 0.285 e. The fourth-order valence-electron chi connectivity index (χ4n) is 2.88. The molecule has 0 saturated carbocycles. The molecule has 3 rings (SSSR count). The number of benzene rings is 2. The van der Waals surface area contributed by atoms with Crippen LogP contribution in [0.4, 0.5) is 11.6 Å². The Balaban J connectivity index is 2.04. The van der Waals surface area contributed by atoms with Gasteiger partial charge in [-0.2, -0.15) is 8.42 Å². The number of hydrogen-bond donors (Lipinski definition) is 2. The van der Waals surface area contributed by atoms with E-state index in [1.54, 1.807) is 37.4 Å². The predicted molar refractivity (Wildman–Crippen MR) is 124 cm³/mol. The molecule has 0 saturated heterocycles. The zero-order valence-corrected chi connectivity index (χ0v) is 19.3. The SMILES string of the molecule is COc1ccc(NC(=NS(=O)(=O)c2ccc(C)cc2)Nc2nc(C)cc(C)n2)c(OC)c1. The lowest BCUT2D eigenvalue weighted by molar-refractivity contribution is 0.395. The van der Waals surface area contributed by atoms with E-state index in [4.69, 9.17) is 9.47 Å². The van der Waals surface area contributed by atoms with Gasteiger partial charge in [0.25, 0.3) is 10.0 Å². The van der Waals surface area contributed by atoms with Gasteiger partial charge in [-0.05, 0) is 51.1 Å². The molecule has 1 aromatic heterocycles. The van der Waals surface area contributed by atoms with E-state index in [2.05, 4.69) is 25.0 Å². The summed E-state index contributed by atoms with van der Waals surface area (Å²) in [7, 11) is -0.983. The topological polar surface area (TPSA) is 115 Å². The molecular weight excluding hydrogens is 430 g/mol. The Labute approximate surface area is 187 Å². The summed E-state index contributed by atoms with van der Waals surface area (Å²) in [5, 5.41) is 5.85.